The van der Waals surface area contributed by atoms with E-state index in [1.54, 1.807) is 25.4 Å². The molecule has 2 N–H and O–H groups in total. The highest BCUT2D eigenvalue weighted by Gasteiger charge is 2.35. The SMILES string of the molecule is COc1cc(NC(=O)NC2(c3cccc(F)c3)CCCCC2)ccc1-c1ccnc(C)c1. The van der Waals surface area contributed by atoms with E-state index in [1.807, 2.05) is 37.3 Å². The van der Waals surface area contributed by atoms with Gasteiger partial charge in [0, 0.05) is 29.2 Å². The monoisotopic (exact) mass is 433 g/mol. The molecular formula is C26H28FN3O2. The molecule has 3 aromatic rings. The Morgan fingerprint density at radius 2 is 1.88 bits per heavy atom. The van der Waals surface area contributed by atoms with E-state index in [9.17, 15) is 9.18 Å². The van der Waals surface area contributed by atoms with Crippen LogP contribution in [-0.2, 0) is 5.54 Å². The Bertz CT molecular complexity index is 1110. The number of aryl methyl sites for hydroxylation is 1. The van der Waals surface area contributed by atoms with Gasteiger partial charge in [0.25, 0.3) is 0 Å². The highest BCUT2D eigenvalue weighted by atomic mass is 19.1. The van der Waals surface area contributed by atoms with Crippen LogP contribution in [0.3, 0.4) is 0 Å². The fourth-order valence-electron chi connectivity index (χ4n) is 4.53. The number of methoxy groups -OCH3 is 1. The van der Waals surface area contributed by atoms with Gasteiger partial charge in [-0.15, -0.1) is 0 Å². The average Bonchev–Trinajstić information content (AvgIpc) is 2.79. The Hall–Kier alpha value is -3.41. The molecule has 32 heavy (non-hydrogen) atoms. The number of nitrogens with one attached hydrogen (secondary N) is 2. The van der Waals surface area contributed by atoms with E-state index in [4.69, 9.17) is 4.74 Å². The number of rotatable bonds is 5. The van der Waals surface area contributed by atoms with Crippen molar-refractivity contribution < 1.29 is 13.9 Å². The van der Waals surface area contributed by atoms with Gasteiger partial charge in [-0.1, -0.05) is 31.4 Å². The van der Waals surface area contributed by atoms with Crippen molar-refractivity contribution in [3.63, 3.8) is 0 Å². The molecule has 0 bridgehead atoms. The highest BCUT2D eigenvalue weighted by molar-refractivity contribution is 5.91. The van der Waals surface area contributed by atoms with E-state index in [0.717, 1.165) is 54.5 Å². The molecule has 1 aromatic heterocycles. The maximum absolute atomic E-state index is 13.9. The third-order valence-corrected chi connectivity index (χ3v) is 6.10. The molecule has 1 fully saturated rings. The van der Waals surface area contributed by atoms with Crippen molar-refractivity contribution >= 4 is 11.7 Å². The summed E-state index contributed by atoms with van der Waals surface area (Å²) in [6.45, 7) is 1.94. The van der Waals surface area contributed by atoms with Gasteiger partial charge >= 0.3 is 6.03 Å². The molecule has 1 aliphatic carbocycles. The molecule has 166 valence electrons. The molecule has 0 aliphatic heterocycles. The van der Waals surface area contributed by atoms with E-state index >= 15 is 0 Å². The number of carbonyl (C=O) groups excluding carboxylic acids is 1. The van der Waals surface area contributed by atoms with Gasteiger partial charge < -0.3 is 15.4 Å². The largest absolute Gasteiger partial charge is 0.496 e. The third-order valence-electron chi connectivity index (χ3n) is 6.10. The molecule has 0 atom stereocenters. The van der Waals surface area contributed by atoms with Crippen LogP contribution in [0.5, 0.6) is 5.75 Å². The average molecular weight is 434 g/mol. The molecule has 1 aliphatic rings. The number of carbonyl (C=O) groups is 1. The van der Waals surface area contributed by atoms with E-state index < -0.39 is 5.54 Å². The summed E-state index contributed by atoms with van der Waals surface area (Å²) in [5.41, 5.74) is 3.71. The van der Waals surface area contributed by atoms with Gasteiger partial charge in [-0.05, 0) is 67.3 Å². The molecule has 0 radical (unpaired) electrons. The molecule has 1 saturated carbocycles. The number of amides is 2. The van der Waals surface area contributed by atoms with Crippen LogP contribution in [0.25, 0.3) is 11.1 Å². The fraction of sp³-hybridized carbons (Fsp3) is 0.308. The summed E-state index contributed by atoms with van der Waals surface area (Å²) in [7, 11) is 1.61. The summed E-state index contributed by atoms with van der Waals surface area (Å²) in [5, 5.41) is 6.08. The number of urea groups is 1. The molecular weight excluding hydrogens is 405 g/mol. The smallest absolute Gasteiger partial charge is 0.319 e. The van der Waals surface area contributed by atoms with E-state index in [-0.39, 0.29) is 11.8 Å². The van der Waals surface area contributed by atoms with Crippen molar-refractivity contribution in [1.82, 2.24) is 10.3 Å². The maximum atomic E-state index is 13.9. The zero-order valence-corrected chi connectivity index (χ0v) is 18.5. The predicted octanol–water partition coefficient (Wildman–Crippen LogP) is 6.19. The number of hydrogen-bond donors (Lipinski definition) is 2. The van der Waals surface area contributed by atoms with Crippen LogP contribution >= 0.6 is 0 Å². The van der Waals surface area contributed by atoms with Crippen molar-refractivity contribution in [2.45, 2.75) is 44.6 Å². The lowest BCUT2D eigenvalue weighted by Crippen LogP contribution is -2.48. The van der Waals surface area contributed by atoms with Gasteiger partial charge in [-0.3, -0.25) is 4.98 Å². The molecule has 2 amide bonds. The predicted molar refractivity (Wildman–Crippen MR) is 124 cm³/mol. The zero-order chi connectivity index (χ0) is 22.6. The van der Waals surface area contributed by atoms with Crippen LogP contribution in [0, 0.1) is 12.7 Å². The molecule has 0 spiro atoms. The lowest BCUT2D eigenvalue weighted by atomic mass is 9.76. The number of pyridine rings is 1. The molecule has 4 rings (SSSR count). The number of aromatic nitrogens is 1. The molecule has 6 heteroatoms. The highest BCUT2D eigenvalue weighted by Crippen LogP contribution is 2.38. The lowest BCUT2D eigenvalue weighted by Gasteiger charge is -2.38. The van der Waals surface area contributed by atoms with Gasteiger partial charge in [0.05, 0.1) is 12.6 Å². The van der Waals surface area contributed by atoms with Gasteiger partial charge in [0.15, 0.2) is 0 Å². The van der Waals surface area contributed by atoms with Crippen molar-refractivity contribution in [1.29, 1.82) is 0 Å². The summed E-state index contributed by atoms with van der Waals surface area (Å²) in [6, 6.07) is 15.7. The molecule has 5 nitrogen and oxygen atoms in total. The first-order chi connectivity index (χ1) is 15.5. The van der Waals surface area contributed by atoms with Gasteiger partial charge in [-0.2, -0.15) is 0 Å². The van der Waals surface area contributed by atoms with Crippen LogP contribution < -0.4 is 15.4 Å². The van der Waals surface area contributed by atoms with E-state index in [2.05, 4.69) is 15.6 Å². The third kappa shape index (κ3) is 4.74. The van der Waals surface area contributed by atoms with Crippen LogP contribution in [0.4, 0.5) is 14.9 Å². The Morgan fingerprint density at radius 3 is 2.59 bits per heavy atom. The minimum absolute atomic E-state index is 0.290. The van der Waals surface area contributed by atoms with Crippen molar-refractivity contribution in [2.24, 2.45) is 0 Å². The molecule has 0 saturated heterocycles. The first-order valence-corrected chi connectivity index (χ1v) is 11.0. The number of halogens is 1. The first-order valence-electron chi connectivity index (χ1n) is 11.0. The van der Waals surface area contributed by atoms with E-state index in [1.165, 1.54) is 12.1 Å². The summed E-state index contributed by atoms with van der Waals surface area (Å²) >= 11 is 0. The Morgan fingerprint density at radius 1 is 1.06 bits per heavy atom. The minimum Gasteiger partial charge on any atom is -0.496 e. The maximum Gasteiger partial charge on any atom is 0.319 e. The topological polar surface area (TPSA) is 63.2 Å². The number of ether oxygens (including phenoxy) is 1. The molecule has 0 unspecified atom stereocenters. The molecule has 2 aromatic carbocycles. The Balaban J connectivity index is 1.55. The van der Waals surface area contributed by atoms with E-state index in [0.29, 0.717) is 11.4 Å². The van der Waals surface area contributed by atoms with Crippen LogP contribution in [0.1, 0.15) is 43.4 Å². The van der Waals surface area contributed by atoms with Gasteiger partial charge in [0.2, 0.25) is 0 Å². The second kappa shape index (κ2) is 9.39. The van der Waals surface area contributed by atoms with Gasteiger partial charge in [0.1, 0.15) is 11.6 Å². The van der Waals surface area contributed by atoms with Crippen LogP contribution in [0.15, 0.2) is 60.8 Å². The summed E-state index contributed by atoms with van der Waals surface area (Å²) in [4.78, 5) is 17.2. The quantitative estimate of drug-likeness (QED) is 0.505. The fourth-order valence-corrected chi connectivity index (χ4v) is 4.53. The second-order valence-corrected chi connectivity index (χ2v) is 8.33. The van der Waals surface area contributed by atoms with Crippen molar-refractivity contribution in [2.75, 3.05) is 12.4 Å². The van der Waals surface area contributed by atoms with Crippen LogP contribution in [-0.4, -0.2) is 18.1 Å². The van der Waals surface area contributed by atoms with Crippen molar-refractivity contribution in [3.05, 3.63) is 77.9 Å². The summed E-state index contributed by atoms with van der Waals surface area (Å²) < 4.78 is 19.5. The minimum atomic E-state index is -0.566. The Labute approximate surface area is 188 Å². The van der Waals surface area contributed by atoms with Gasteiger partial charge in [-0.25, -0.2) is 9.18 Å². The van der Waals surface area contributed by atoms with Crippen molar-refractivity contribution in [3.8, 4) is 16.9 Å². The Kier molecular flexibility index (Phi) is 6.40. The second-order valence-electron chi connectivity index (χ2n) is 8.33. The zero-order valence-electron chi connectivity index (χ0n) is 18.5. The first kappa shape index (κ1) is 21.8. The lowest BCUT2D eigenvalue weighted by molar-refractivity contribution is 0.212. The number of benzene rings is 2. The normalized spacial score (nSPS) is 15.1. The summed E-state index contributed by atoms with van der Waals surface area (Å²) in [6.07, 6.45) is 6.43. The van der Waals surface area contributed by atoms with Crippen LogP contribution in [0.2, 0.25) is 0 Å². The summed E-state index contributed by atoms with van der Waals surface area (Å²) in [5.74, 6) is 0.368. The number of nitrogens with zero attached hydrogens (tertiary/aromatic N) is 1. The number of anilines is 1. The molecule has 1 heterocycles. The number of hydrogen-bond acceptors (Lipinski definition) is 3. The standard InChI is InChI=1S/C26H28FN3O2/c1-18-15-19(11-14-28-18)23-10-9-22(17-24(23)32-2)29-25(31)30-26(12-4-3-5-13-26)20-7-6-8-21(27)16-20/h6-11,14-17H,3-5,12-13H2,1-2H3,(H2,29,30,31).